The van der Waals surface area contributed by atoms with Gasteiger partial charge in [0.15, 0.2) is 0 Å². The maximum Gasteiger partial charge on any atom is 0.372 e. The summed E-state index contributed by atoms with van der Waals surface area (Å²) in [5.41, 5.74) is 0.639. The van der Waals surface area contributed by atoms with E-state index in [-0.39, 0.29) is 5.76 Å². The normalized spacial score (nSPS) is 10.6. The van der Waals surface area contributed by atoms with Crippen LogP contribution in [0.5, 0.6) is 0 Å². The van der Waals surface area contributed by atoms with Gasteiger partial charge in [0.25, 0.3) is 0 Å². The first-order chi connectivity index (χ1) is 7.58. The number of carboxylic acids is 1. The first-order valence-electron chi connectivity index (χ1n) is 4.88. The predicted molar refractivity (Wildman–Crippen MR) is 56.5 cm³/mol. The Morgan fingerprint density at radius 3 is 2.81 bits per heavy atom. The van der Waals surface area contributed by atoms with Gasteiger partial charge >= 0.3 is 5.97 Å². The van der Waals surface area contributed by atoms with Crippen LogP contribution >= 0.6 is 0 Å². The van der Waals surface area contributed by atoms with Gasteiger partial charge in [-0.1, -0.05) is 0 Å². The number of rotatable bonds is 3. The molecule has 0 saturated carbocycles. The van der Waals surface area contributed by atoms with E-state index in [0.717, 1.165) is 5.82 Å². The van der Waals surface area contributed by atoms with E-state index in [9.17, 15) is 4.79 Å². The molecule has 2 rings (SSSR count). The van der Waals surface area contributed by atoms with Gasteiger partial charge in [0.05, 0.1) is 6.54 Å². The fraction of sp³-hybridized carbons (Fsp3) is 0.273. The molecule has 0 saturated heterocycles. The van der Waals surface area contributed by atoms with Crippen molar-refractivity contribution in [1.82, 2.24) is 9.55 Å². The second kappa shape index (κ2) is 3.84. The summed E-state index contributed by atoms with van der Waals surface area (Å²) in [7, 11) is 0. The first-order valence-corrected chi connectivity index (χ1v) is 4.88. The monoisotopic (exact) mass is 220 g/mol. The summed E-state index contributed by atoms with van der Waals surface area (Å²) >= 11 is 0. The molecule has 0 aliphatic carbocycles. The number of aromatic nitrogens is 2. The molecule has 84 valence electrons. The Labute approximate surface area is 92.3 Å². The van der Waals surface area contributed by atoms with E-state index >= 15 is 0 Å². The predicted octanol–water partition coefficient (Wildman–Crippen LogP) is 1.84. The van der Waals surface area contributed by atoms with E-state index in [0.29, 0.717) is 17.9 Å². The van der Waals surface area contributed by atoms with Crippen molar-refractivity contribution in [3.8, 4) is 0 Å². The van der Waals surface area contributed by atoms with Gasteiger partial charge in [-0.25, -0.2) is 9.78 Å². The maximum atomic E-state index is 10.8. The lowest BCUT2D eigenvalue weighted by Crippen LogP contribution is -1.99. The minimum Gasteiger partial charge on any atom is -0.475 e. The fourth-order valence-electron chi connectivity index (χ4n) is 1.58. The molecule has 0 fully saturated rings. The lowest BCUT2D eigenvalue weighted by molar-refractivity contribution is 0.0659. The third-order valence-electron chi connectivity index (χ3n) is 2.41. The molecule has 5 nitrogen and oxygen atoms in total. The maximum absolute atomic E-state index is 10.8. The van der Waals surface area contributed by atoms with Crippen LogP contribution in [0.4, 0.5) is 0 Å². The highest BCUT2D eigenvalue weighted by molar-refractivity contribution is 5.86. The molecule has 0 aliphatic heterocycles. The number of hydrogen-bond acceptors (Lipinski definition) is 3. The SMILES string of the molecule is Cc1cc(Cn2ccnc2C)oc1C(=O)O. The Kier molecular flexibility index (Phi) is 2.52. The fourth-order valence-corrected chi connectivity index (χ4v) is 1.58. The van der Waals surface area contributed by atoms with E-state index in [1.807, 2.05) is 17.7 Å². The minimum absolute atomic E-state index is 0.00719. The number of carboxylic acid groups (broad SMARTS) is 1. The highest BCUT2D eigenvalue weighted by Gasteiger charge is 2.14. The zero-order valence-electron chi connectivity index (χ0n) is 9.10. The van der Waals surface area contributed by atoms with Gasteiger partial charge in [-0.15, -0.1) is 0 Å². The number of aromatic carboxylic acids is 1. The van der Waals surface area contributed by atoms with Crippen molar-refractivity contribution in [2.24, 2.45) is 0 Å². The smallest absolute Gasteiger partial charge is 0.372 e. The van der Waals surface area contributed by atoms with Crippen molar-refractivity contribution in [3.05, 3.63) is 41.4 Å². The Balaban J connectivity index is 2.26. The molecule has 5 heteroatoms. The lowest BCUT2D eigenvalue weighted by Gasteiger charge is -2.00. The third kappa shape index (κ3) is 1.84. The van der Waals surface area contributed by atoms with Crippen LogP contribution in [0, 0.1) is 13.8 Å². The van der Waals surface area contributed by atoms with E-state index in [1.165, 1.54) is 0 Å². The number of furan rings is 1. The molecule has 0 unspecified atom stereocenters. The standard InChI is InChI=1S/C11H12N2O3/c1-7-5-9(16-10(7)11(14)15)6-13-4-3-12-8(13)2/h3-5H,6H2,1-2H3,(H,14,15). The molecule has 2 heterocycles. The molecule has 0 radical (unpaired) electrons. The first kappa shape index (κ1) is 10.5. The minimum atomic E-state index is -1.04. The summed E-state index contributed by atoms with van der Waals surface area (Å²) in [6.07, 6.45) is 3.52. The number of carbonyl (C=O) groups is 1. The van der Waals surface area contributed by atoms with Crippen molar-refractivity contribution < 1.29 is 14.3 Å². The number of hydrogen-bond donors (Lipinski definition) is 1. The van der Waals surface area contributed by atoms with Crippen LogP contribution in [0.1, 0.15) is 27.7 Å². The molecule has 0 amide bonds. The zero-order chi connectivity index (χ0) is 11.7. The van der Waals surface area contributed by atoms with Gasteiger partial charge in [0.1, 0.15) is 11.6 Å². The van der Waals surface area contributed by atoms with Crippen LogP contribution in [0.25, 0.3) is 0 Å². The number of imidazole rings is 1. The molecule has 0 bridgehead atoms. The second-order valence-corrected chi connectivity index (χ2v) is 3.63. The lowest BCUT2D eigenvalue weighted by atomic mass is 10.2. The Bertz CT molecular complexity index is 525. The molecule has 0 spiro atoms. The highest BCUT2D eigenvalue weighted by Crippen LogP contribution is 2.16. The molecule has 0 aromatic carbocycles. The van der Waals surface area contributed by atoms with Gasteiger partial charge in [-0.05, 0) is 19.9 Å². The van der Waals surface area contributed by atoms with E-state index < -0.39 is 5.97 Å². The zero-order valence-corrected chi connectivity index (χ0v) is 9.10. The van der Waals surface area contributed by atoms with Crippen molar-refractivity contribution in [3.63, 3.8) is 0 Å². The van der Waals surface area contributed by atoms with Crippen LogP contribution < -0.4 is 0 Å². The third-order valence-corrected chi connectivity index (χ3v) is 2.41. The molecule has 2 aromatic heterocycles. The van der Waals surface area contributed by atoms with Crippen molar-refractivity contribution in [1.29, 1.82) is 0 Å². The van der Waals surface area contributed by atoms with Gasteiger partial charge in [-0.2, -0.15) is 0 Å². The van der Waals surface area contributed by atoms with Gasteiger partial charge < -0.3 is 14.1 Å². The number of aryl methyl sites for hydroxylation is 2. The van der Waals surface area contributed by atoms with Crippen LogP contribution in [-0.4, -0.2) is 20.6 Å². The Morgan fingerprint density at radius 1 is 1.56 bits per heavy atom. The van der Waals surface area contributed by atoms with E-state index in [4.69, 9.17) is 9.52 Å². The summed E-state index contributed by atoms with van der Waals surface area (Å²) in [5, 5.41) is 8.85. The highest BCUT2D eigenvalue weighted by atomic mass is 16.4. The average molecular weight is 220 g/mol. The van der Waals surface area contributed by atoms with Crippen molar-refractivity contribution >= 4 is 5.97 Å². The summed E-state index contributed by atoms with van der Waals surface area (Å²) in [5.74, 6) is 0.459. The van der Waals surface area contributed by atoms with Gasteiger partial charge in [0.2, 0.25) is 5.76 Å². The molecule has 0 aliphatic rings. The molecule has 16 heavy (non-hydrogen) atoms. The molecule has 1 N–H and O–H groups in total. The van der Waals surface area contributed by atoms with Gasteiger partial charge in [-0.3, -0.25) is 0 Å². The summed E-state index contributed by atoms with van der Waals surface area (Å²) in [6, 6.07) is 1.74. The van der Waals surface area contributed by atoms with E-state index in [1.54, 1.807) is 19.2 Å². The van der Waals surface area contributed by atoms with Crippen LogP contribution in [0.2, 0.25) is 0 Å². The van der Waals surface area contributed by atoms with Gasteiger partial charge in [0, 0.05) is 18.0 Å². The molecule has 0 atom stereocenters. The topological polar surface area (TPSA) is 68.3 Å². The Morgan fingerprint density at radius 2 is 2.31 bits per heavy atom. The van der Waals surface area contributed by atoms with Crippen LogP contribution in [0.15, 0.2) is 22.9 Å². The summed E-state index contributed by atoms with van der Waals surface area (Å²) in [6.45, 7) is 4.10. The Hall–Kier alpha value is -2.04. The summed E-state index contributed by atoms with van der Waals surface area (Å²) < 4.78 is 7.15. The quantitative estimate of drug-likeness (QED) is 0.856. The van der Waals surface area contributed by atoms with Crippen LogP contribution in [-0.2, 0) is 6.54 Å². The summed E-state index contributed by atoms with van der Waals surface area (Å²) in [4.78, 5) is 14.9. The van der Waals surface area contributed by atoms with Crippen molar-refractivity contribution in [2.45, 2.75) is 20.4 Å². The molecule has 2 aromatic rings. The van der Waals surface area contributed by atoms with Crippen LogP contribution in [0.3, 0.4) is 0 Å². The van der Waals surface area contributed by atoms with E-state index in [2.05, 4.69) is 4.98 Å². The molecular formula is C11H12N2O3. The average Bonchev–Trinajstić information content (AvgIpc) is 2.75. The number of nitrogens with zero attached hydrogens (tertiary/aromatic N) is 2. The second-order valence-electron chi connectivity index (χ2n) is 3.63. The molecular weight excluding hydrogens is 208 g/mol. The largest absolute Gasteiger partial charge is 0.475 e. The van der Waals surface area contributed by atoms with Crippen molar-refractivity contribution in [2.75, 3.05) is 0 Å².